The van der Waals surface area contributed by atoms with Gasteiger partial charge in [0.05, 0.1) is 25.3 Å². The Balaban J connectivity index is 2.01. The molecule has 0 radical (unpaired) electrons. The number of imide groups is 1. The Hall–Kier alpha value is -3.03. The van der Waals surface area contributed by atoms with Gasteiger partial charge in [-0.15, -0.1) is 0 Å². The van der Waals surface area contributed by atoms with Crippen LogP contribution in [0.4, 0.5) is 0 Å². The second-order valence-corrected chi connectivity index (χ2v) is 6.61. The largest absolute Gasteiger partial charge is 0.383 e. The van der Waals surface area contributed by atoms with Crippen LogP contribution >= 0.6 is 0 Å². The standard InChI is InChI=1S/C22H25N3O4/c1-28-14-12-24(13-15-29-2)20-19(18-6-4-3-5-7-18)21(26)25(22(20)27)16-17-8-10-23-11-9-17/h3-11H,12-16H2,1-2H3. The van der Waals surface area contributed by atoms with E-state index in [2.05, 4.69) is 4.98 Å². The van der Waals surface area contributed by atoms with E-state index in [0.717, 1.165) is 11.1 Å². The molecule has 29 heavy (non-hydrogen) atoms. The normalized spacial score (nSPS) is 14.1. The van der Waals surface area contributed by atoms with Crippen LogP contribution in [0.25, 0.3) is 5.57 Å². The molecule has 2 heterocycles. The van der Waals surface area contributed by atoms with Crippen molar-refractivity contribution in [3.8, 4) is 0 Å². The third-order valence-electron chi connectivity index (χ3n) is 4.74. The third-order valence-corrected chi connectivity index (χ3v) is 4.74. The Morgan fingerprint density at radius 1 is 0.897 bits per heavy atom. The van der Waals surface area contributed by atoms with Gasteiger partial charge in [0.2, 0.25) is 0 Å². The molecule has 0 N–H and O–H groups in total. The molecule has 152 valence electrons. The second kappa shape index (κ2) is 9.95. The molecular weight excluding hydrogens is 370 g/mol. The summed E-state index contributed by atoms with van der Waals surface area (Å²) in [4.78, 5) is 33.9. The number of carbonyl (C=O) groups is 2. The fraction of sp³-hybridized carbons (Fsp3) is 0.318. The van der Waals surface area contributed by atoms with E-state index in [1.807, 2.05) is 35.2 Å². The minimum absolute atomic E-state index is 0.197. The van der Waals surface area contributed by atoms with Crippen LogP contribution in [0.5, 0.6) is 0 Å². The molecule has 1 aliphatic heterocycles. The number of carbonyl (C=O) groups excluding carboxylic acids is 2. The van der Waals surface area contributed by atoms with E-state index in [1.54, 1.807) is 38.7 Å². The van der Waals surface area contributed by atoms with Crippen molar-refractivity contribution in [2.24, 2.45) is 0 Å². The Labute approximate surface area is 170 Å². The zero-order chi connectivity index (χ0) is 20.6. The highest BCUT2D eigenvalue weighted by Crippen LogP contribution is 2.32. The zero-order valence-electron chi connectivity index (χ0n) is 16.7. The van der Waals surface area contributed by atoms with Crippen molar-refractivity contribution in [1.82, 2.24) is 14.8 Å². The molecule has 0 saturated heterocycles. The van der Waals surface area contributed by atoms with Crippen LogP contribution in [0.15, 0.2) is 60.6 Å². The quantitative estimate of drug-likeness (QED) is 0.573. The van der Waals surface area contributed by atoms with Gasteiger partial charge in [0.25, 0.3) is 11.8 Å². The van der Waals surface area contributed by atoms with Crippen LogP contribution < -0.4 is 0 Å². The van der Waals surface area contributed by atoms with Crippen LogP contribution in [0.3, 0.4) is 0 Å². The topological polar surface area (TPSA) is 72.0 Å². The molecule has 2 amide bonds. The first-order valence-electron chi connectivity index (χ1n) is 9.45. The van der Waals surface area contributed by atoms with Crippen LogP contribution in [0.1, 0.15) is 11.1 Å². The van der Waals surface area contributed by atoms with Crippen LogP contribution in [0, 0.1) is 0 Å². The van der Waals surface area contributed by atoms with E-state index >= 15 is 0 Å². The number of hydrogen-bond acceptors (Lipinski definition) is 6. The van der Waals surface area contributed by atoms with Gasteiger partial charge in [-0.25, -0.2) is 0 Å². The van der Waals surface area contributed by atoms with Crippen molar-refractivity contribution in [3.05, 3.63) is 71.7 Å². The highest BCUT2D eigenvalue weighted by molar-refractivity contribution is 6.35. The molecule has 3 rings (SSSR count). The van der Waals surface area contributed by atoms with Gasteiger partial charge in [-0.1, -0.05) is 30.3 Å². The summed E-state index contributed by atoms with van der Waals surface area (Å²) >= 11 is 0. The van der Waals surface area contributed by atoms with Crippen molar-refractivity contribution >= 4 is 17.4 Å². The number of methoxy groups -OCH3 is 2. The summed E-state index contributed by atoms with van der Waals surface area (Å²) < 4.78 is 10.4. The molecule has 0 aliphatic carbocycles. The lowest BCUT2D eigenvalue weighted by atomic mass is 10.0. The molecule has 2 aromatic rings. The average Bonchev–Trinajstić information content (AvgIpc) is 3.00. The highest BCUT2D eigenvalue weighted by atomic mass is 16.5. The van der Waals surface area contributed by atoms with E-state index in [0.29, 0.717) is 37.6 Å². The van der Waals surface area contributed by atoms with Gasteiger partial charge >= 0.3 is 0 Å². The first-order chi connectivity index (χ1) is 14.2. The van der Waals surface area contributed by atoms with Crippen molar-refractivity contribution < 1.29 is 19.1 Å². The summed E-state index contributed by atoms with van der Waals surface area (Å²) in [5.41, 5.74) is 2.37. The lowest BCUT2D eigenvalue weighted by molar-refractivity contribution is -0.138. The Morgan fingerprint density at radius 3 is 2.10 bits per heavy atom. The van der Waals surface area contributed by atoms with Gasteiger partial charge in [-0.2, -0.15) is 0 Å². The van der Waals surface area contributed by atoms with Gasteiger partial charge in [0.1, 0.15) is 5.70 Å². The number of ether oxygens (including phenoxy) is 2. The van der Waals surface area contributed by atoms with E-state index in [9.17, 15) is 9.59 Å². The Kier molecular flexibility index (Phi) is 7.10. The molecule has 0 saturated carbocycles. The summed E-state index contributed by atoms with van der Waals surface area (Å²) in [7, 11) is 3.22. The Morgan fingerprint density at radius 2 is 1.52 bits per heavy atom. The summed E-state index contributed by atoms with van der Waals surface area (Å²) in [5.74, 6) is -0.606. The number of benzene rings is 1. The summed E-state index contributed by atoms with van der Waals surface area (Å²) in [6, 6.07) is 12.9. The van der Waals surface area contributed by atoms with Gasteiger partial charge in [0, 0.05) is 39.7 Å². The minimum atomic E-state index is -0.308. The number of nitrogens with zero attached hydrogens (tertiary/aromatic N) is 3. The molecule has 1 aromatic heterocycles. The second-order valence-electron chi connectivity index (χ2n) is 6.61. The third kappa shape index (κ3) is 4.70. The van der Waals surface area contributed by atoms with Crippen molar-refractivity contribution in [3.63, 3.8) is 0 Å². The van der Waals surface area contributed by atoms with Gasteiger partial charge in [0.15, 0.2) is 0 Å². The lowest BCUT2D eigenvalue weighted by Crippen LogP contribution is -2.37. The van der Waals surface area contributed by atoms with E-state index in [-0.39, 0.29) is 18.4 Å². The fourth-order valence-corrected chi connectivity index (χ4v) is 3.27. The molecule has 7 heteroatoms. The molecule has 0 atom stereocenters. The molecule has 1 aromatic carbocycles. The van der Waals surface area contributed by atoms with Crippen LogP contribution in [-0.2, 0) is 25.6 Å². The van der Waals surface area contributed by atoms with E-state index in [1.165, 1.54) is 4.90 Å². The minimum Gasteiger partial charge on any atom is -0.383 e. The van der Waals surface area contributed by atoms with E-state index in [4.69, 9.17) is 9.47 Å². The van der Waals surface area contributed by atoms with Crippen molar-refractivity contribution in [1.29, 1.82) is 0 Å². The lowest BCUT2D eigenvalue weighted by Gasteiger charge is -2.25. The number of amides is 2. The summed E-state index contributed by atoms with van der Waals surface area (Å²) in [6.07, 6.45) is 3.30. The SMILES string of the molecule is COCCN(CCOC)C1=C(c2ccccc2)C(=O)N(Cc2ccncc2)C1=O. The maximum absolute atomic E-state index is 13.4. The highest BCUT2D eigenvalue weighted by Gasteiger charge is 2.41. The average molecular weight is 395 g/mol. The maximum Gasteiger partial charge on any atom is 0.278 e. The molecule has 0 spiro atoms. The molecular formula is C22H25N3O4. The predicted molar refractivity (Wildman–Crippen MR) is 108 cm³/mol. The van der Waals surface area contributed by atoms with Crippen molar-refractivity contribution in [2.45, 2.75) is 6.54 Å². The first kappa shape index (κ1) is 20.7. The van der Waals surface area contributed by atoms with Crippen LogP contribution in [-0.4, -0.2) is 67.1 Å². The van der Waals surface area contributed by atoms with Gasteiger partial charge in [-0.05, 0) is 23.3 Å². The fourth-order valence-electron chi connectivity index (χ4n) is 3.27. The number of aromatic nitrogens is 1. The number of hydrogen-bond donors (Lipinski definition) is 0. The maximum atomic E-state index is 13.4. The monoisotopic (exact) mass is 395 g/mol. The van der Waals surface area contributed by atoms with E-state index < -0.39 is 0 Å². The molecule has 1 aliphatic rings. The predicted octanol–water partition coefficient (Wildman–Crippen LogP) is 1.96. The van der Waals surface area contributed by atoms with Crippen LogP contribution in [0.2, 0.25) is 0 Å². The summed E-state index contributed by atoms with van der Waals surface area (Å²) in [6.45, 7) is 2.02. The molecule has 7 nitrogen and oxygen atoms in total. The zero-order valence-corrected chi connectivity index (χ0v) is 16.7. The number of pyridine rings is 1. The molecule has 0 bridgehead atoms. The molecule has 0 fully saturated rings. The Bertz CT molecular complexity index is 860. The van der Waals surface area contributed by atoms with Gasteiger partial charge < -0.3 is 14.4 Å². The summed E-state index contributed by atoms with van der Waals surface area (Å²) in [5, 5.41) is 0. The number of rotatable bonds is 10. The molecule has 0 unspecified atom stereocenters. The van der Waals surface area contributed by atoms with Gasteiger partial charge in [-0.3, -0.25) is 19.5 Å². The first-order valence-corrected chi connectivity index (χ1v) is 9.45. The van der Waals surface area contributed by atoms with Crippen molar-refractivity contribution in [2.75, 3.05) is 40.5 Å². The smallest absolute Gasteiger partial charge is 0.278 e.